The Morgan fingerprint density at radius 2 is 2.08 bits per heavy atom. The number of aromatic nitrogens is 1. The van der Waals surface area contributed by atoms with Gasteiger partial charge in [0.1, 0.15) is 10.8 Å². The van der Waals surface area contributed by atoms with Crippen molar-refractivity contribution in [1.82, 2.24) is 9.88 Å². The molecule has 0 aliphatic heterocycles. The van der Waals surface area contributed by atoms with Crippen LogP contribution in [-0.2, 0) is 0 Å². The Balaban J connectivity index is 1.80. The molecule has 3 rings (SSSR count). The smallest absolute Gasteiger partial charge is 0.322 e. The number of amides is 2. The Hall–Kier alpha value is -2.31. The van der Waals surface area contributed by atoms with Crippen molar-refractivity contribution < 1.29 is 9.53 Å². The number of halogens is 1. The molecule has 0 saturated carbocycles. The number of rotatable bonds is 4. The number of methoxy groups -OCH3 is 1. The number of urea groups is 1. The van der Waals surface area contributed by atoms with Gasteiger partial charge in [-0.05, 0) is 37.6 Å². The molecule has 7 heteroatoms. The molecule has 1 aromatic heterocycles. The van der Waals surface area contributed by atoms with E-state index in [0.717, 1.165) is 20.8 Å². The van der Waals surface area contributed by atoms with Gasteiger partial charge in [-0.3, -0.25) is 0 Å². The number of aryl methyl sites for hydroxylation is 1. The van der Waals surface area contributed by atoms with Crippen molar-refractivity contribution in [1.29, 1.82) is 0 Å². The van der Waals surface area contributed by atoms with Crippen LogP contribution in [0.25, 0.3) is 10.2 Å². The minimum atomic E-state index is -0.239. The second kappa shape index (κ2) is 7.51. The van der Waals surface area contributed by atoms with E-state index in [1.165, 1.54) is 0 Å². The molecule has 0 saturated heterocycles. The summed E-state index contributed by atoms with van der Waals surface area (Å²) in [7, 11) is 3.30. The minimum Gasteiger partial charge on any atom is -0.495 e. The fraction of sp³-hybridized carbons (Fsp3) is 0.263. The lowest BCUT2D eigenvalue weighted by molar-refractivity contribution is 0.208. The highest BCUT2D eigenvalue weighted by Crippen LogP contribution is 2.32. The monoisotopic (exact) mass is 389 g/mol. The third-order valence-electron chi connectivity index (χ3n) is 4.29. The molecule has 0 bridgehead atoms. The van der Waals surface area contributed by atoms with Crippen LogP contribution in [-0.4, -0.2) is 30.1 Å². The molecule has 0 spiro atoms. The number of fused-ring (bicyclic) bond motifs is 1. The maximum absolute atomic E-state index is 12.7. The molecule has 2 amide bonds. The quantitative estimate of drug-likeness (QED) is 0.641. The standard InChI is InChI=1S/C19H20ClN3O2S/c1-11-9-15(16(25-4)10-13(11)20)22-19(24)23(3)12(2)18-21-14-7-5-6-8-17(14)26-18/h5-10,12H,1-4H3,(H,22,24). The number of ether oxygens (including phenoxy) is 1. The molecule has 26 heavy (non-hydrogen) atoms. The topological polar surface area (TPSA) is 54.5 Å². The first-order chi connectivity index (χ1) is 12.4. The van der Waals surface area contributed by atoms with Crippen LogP contribution in [0.5, 0.6) is 5.75 Å². The van der Waals surface area contributed by atoms with Gasteiger partial charge in [0, 0.05) is 18.1 Å². The maximum atomic E-state index is 12.7. The molecular weight excluding hydrogens is 370 g/mol. The zero-order chi connectivity index (χ0) is 18.8. The van der Waals surface area contributed by atoms with Crippen LogP contribution in [0.3, 0.4) is 0 Å². The molecule has 1 N–H and O–H groups in total. The lowest BCUT2D eigenvalue weighted by Crippen LogP contribution is -2.33. The molecule has 136 valence electrons. The highest BCUT2D eigenvalue weighted by molar-refractivity contribution is 7.18. The van der Waals surface area contributed by atoms with Crippen LogP contribution in [0.1, 0.15) is 23.5 Å². The van der Waals surface area contributed by atoms with E-state index in [0.29, 0.717) is 16.5 Å². The molecule has 2 aromatic carbocycles. The second-order valence-corrected chi connectivity index (χ2v) is 7.51. The Morgan fingerprint density at radius 1 is 1.35 bits per heavy atom. The first kappa shape index (κ1) is 18.5. The van der Waals surface area contributed by atoms with Gasteiger partial charge in [-0.1, -0.05) is 23.7 Å². The summed E-state index contributed by atoms with van der Waals surface area (Å²) in [5.41, 5.74) is 2.40. The average Bonchev–Trinajstić information content (AvgIpc) is 3.07. The molecule has 0 aliphatic rings. The van der Waals surface area contributed by atoms with Gasteiger partial charge < -0.3 is 15.0 Å². The number of thiazole rings is 1. The second-order valence-electron chi connectivity index (χ2n) is 6.04. The van der Waals surface area contributed by atoms with Crippen molar-refractivity contribution in [2.45, 2.75) is 19.9 Å². The zero-order valence-corrected chi connectivity index (χ0v) is 16.6. The molecule has 1 heterocycles. The number of hydrogen-bond acceptors (Lipinski definition) is 4. The highest BCUT2D eigenvalue weighted by Gasteiger charge is 2.22. The van der Waals surface area contributed by atoms with Gasteiger partial charge in [-0.2, -0.15) is 0 Å². The van der Waals surface area contributed by atoms with E-state index in [1.807, 2.05) is 38.1 Å². The van der Waals surface area contributed by atoms with Gasteiger partial charge in [0.25, 0.3) is 0 Å². The Kier molecular flexibility index (Phi) is 5.34. The van der Waals surface area contributed by atoms with Crippen LogP contribution in [0.15, 0.2) is 36.4 Å². The summed E-state index contributed by atoms with van der Waals surface area (Å²) in [6.07, 6.45) is 0. The Morgan fingerprint density at radius 3 is 2.77 bits per heavy atom. The van der Waals surface area contributed by atoms with Crippen molar-refractivity contribution in [3.63, 3.8) is 0 Å². The molecule has 1 atom stereocenters. The molecule has 0 aliphatic carbocycles. The molecule has 3 aromatic rings. The zero-order valence-electron chi connectivity index (χ0n) is 15.0. The van der Waals surface area contributed by atoms with Gasteiger partial charge in [0.2, 0.25) is 0 Å². The largest absolute Gasteiger partial charge is 0.495 e. The number of para-hydroxylation sites is 1. The van der Waals surface area contributed by atoms with Gasteiger partial charge in [-0.25, -0.2) is 9.78 Å². The van der Waals surface area contributed by atoms with Gasteiger partial charge in [-0.15, -0.1) is 11.3 Å². The summed E-state index contributed by atoms with van der Waals surface area (Å²) in [4.78, 5) is 19.0. The Labute approximate surface area is 161 Å². The van der Waals surface area contributed by atoms with Crippen molar-refractivity contribution in [3.05, 3.63) is 52.0 Å². The first-order valence-electron chi connectivity index (χ1n) is 8.14. The summed E-state index contributed by atoms with van der Waals surface area (Å²) in [6.45, 7) is 3.84. The van der Waals surface area contributed by atoms with Crippen LogP contribution >= 0.6 is 22.9 Å². The van der Waals surface area contributed by atoms with Crippen molar-refractivity contribution >= 4 is 44.9 Å². The summed E-state index contributed by atoms with van der Waals surface area (Å²) in [5, 5.41) is 4.38. The van der Waals surface area contributed by atoms with Gasteiger partial charge in [0.15, 0.2) is 0 Å². The number of carbonyl (C=O) groups excluding carboxylic acids is 1. The van der Waals surface area contributed by atoms with E-state index < -0.39 is 0 Å². The molecular formula is C19H20ClN3O2S. The molecule has 0 radical (unpaired) electrons. The fourth-order valence-corrected chi connectivity index (χ4v) is 3.76. The lowest BCUT2D eigenvalue weighted by Gasteiger charge is -2.24. The molecule has 5 nitrogen and oxygen atoms in total. The van der Waals surface area contributed by atoms with Gasteiger partial charge >= 0.3 is 6.03 Å². The van der Waals surface area contributed by atoms with E-state index in [-0.39, 0.29) is 12.1 Å². The summed E-state index contributed by atoms with van der Waals surface area (Å²) in [5.74, 6) is 0.523. The first-order valence-corrected chi connectivity index (χ1v) is 9.33. The highest BCUT2D eigenvalue weighted by atomic mass is 35.5. The third kappa shape index (κ3) is 3.61. The number of benzene rings is 2. The Bertz CT molecular complexity index is 924. The number of nitrogens with one attached hydrogen (secondary N) is 1. The summed E-state index contributed by atoms with van der Waals surface area (Å²) < 4.78 is 6.43. The minimum absolute atomic E-state index is 0.160. The van der Waals surface area contributed by atoms with E-state index in [4.69, 9.17) is 16.3 Å². The third-order valence-corrected chi connectivity index (χ3v) is 5.91. The predicted molar refractivity (Wildman–Crippen MR) is 108 cm³/mol. The lowest BCUT2D eigenvalue weighted by atomic mass is 10.2. The van der Waals surface area contributed by atoms with Crippen molar-refractivity contribution in [2.24, 2.45) is 0 Å². The van der Waals surface area contributed by atoms with E-state index >= 15 is 0 Å². The SMILES string of the molecule is COc1cc(Cl)c(C)cc1NC(=O)N(C)C(C)c1nc2ccccc2s1. The molecule has 1 unspecified atom stereocenters. The van der Waals surface area contributed by atoms with Crippen LogP contribution in [0.2, 0.25) is 5.02 Å². The van der Waals surface area contributed by atoms with Crippen LogP contribution in [0, 0.1) is 6.92 Å². The normalized spacial score (nSPS) is 12.0. The van der Waals surface area contributed by atoms with E-state index in [2.05, 4.69) is 10.3 Å². The van der Waals surface area contributed by atoms with Crippen LogP contribution < -0.4 is 10.1 Å². The average molecular weight is 390 g/mol. The van der Waals surface area contributed by atoms with Crippen molar-refractivity contribution in [2.75, 3.05) is 19.5 Å². The van der Waals surface area contributed by atoms with Crippen molar-refractivity contribution in [3.8, 4) is 5.75 Å². The summed E-state index contributed by atoms with van der Waals surface area (Å²) >= 11 is 7.72. The van der Waals surface area contributed by atoms with Crippen LogP contribution in [0.4, 0.5) is 10.5 Å². The van der Waals surface area contributed by atoms with E-state index in [9.17, 15) is 4.79 Å². The fourth-order valence-electron chi connectivity index (χ4n) is 2.54. The summed E-state index contributed by atoms with van der Waals surface area (Å²) in [6, 6.07) is 11.1. The number of carbonyl (C=O) groups is 1. The molecule has 0 fully saturated rings. The van der Waals surface area contributed by atoms with Gasteiger partial charge in [0.05, 0.1) is 29.1 Å². The van der Waals surface area contributed by atoms with E-state index in [1.54, 1.807) is 42.5 Å². The predicted octanol–water partition coefficient (Wildman–Crippen LogP) is 5.49. The maximum Gasteiger partial charge on any atom is 0.322 e. The number of hydrogen-bond donors (Lipinski definition) is 1. The number of nitrogens with zero attached hydrogens (tertiary/aromatic N) is 2. The number of anilines is 1.